The normalized spacial score (nSPS) is 13.9. The lowest BCUT2D eigenvalue weighted by molar-refractivity contribution is 0.311. The zero-order valence-corrected chi connectivity index (χ0v) is 18.2. The van der Waals surface area contributed by atoms with Gasteiger partial charge >= 0.3 is 0 Å². The molecule has 0 spiro atoms. The number of hydrogen-bond acceptors (Lipinski definition) is 6. The molecule has 2 N–H and O–H groups in total. The maximum absolute atomic E-state index is 6.06. The molecular formula is C22H35N5O. The lowest BCUT2D eigenvalue weighted by atomic mass is 9.99. The summed E-state index contributed by atoms with van der Waals surface area (Å²) in [6, 6.07) is 6.47. The number of nitrogens with one attached hydrogen (secondary N) is 2. The quantitative estimate of drug-likeness (QED) is 0.645. The maximum Gasteiger partial charge on any atom is 0.131 e. The average Bonchev–Trinajstić information content (AvgIpc) is 3.07. The second kappa shape index (κ2) is 10.1. The molecule has 0 aliphatic carbocycles. The van der Waals surface area contributed by atoms with Gasteiger partial charge in [0.05, 0.1) is 5.70 Å². The first-order valence-corrected chi connectivity index (χ1v) is 9.73. The van der Waals surface area contributed by atoms with Crippen molar-refractivity contribution in [1.82, 2.24) is 25.8 Å². The van der Waals surface area contributed by atoms with Crippen LogP contribution < -0.4 is 15.7 Å². The van der Waals surface area contributed by atoms with E-state index >= 15 is 0 Å². The topological polar surface area (TPSA) is 43.0 Å². The second-order valence-corrected chi connectivity index (χ2v) is 7.59. The minimum atomic E-state index is 0.488. The SMILES string of the molecule is C=C(CC)c1cc(CC/C(=C/N(C)C)N(C)C)cc(OCC2=CN(C)NN2)c1. The lowest BCUT2D eigenvalue weighted by Crippen LogP contribution is -2.34. The summed E-state index contributed by atoms with van der Waals surface area (Å²) in [7, 11) is 10.2. The molecule has 0 amide bonds. The summed E-state index contributed by atoms with van der Waals surface area (Å²) < 4.78 is 6.06. The number of hydrazine groups is 2. The van der Waals surface area contributed by atoms with Crippen LogP contribution in [-0.4, -0.2) is 56.7 Å². The molecule has 0 saturated carbocycles. The summed E-state index contributed by atoms with van der Waals surface area (Å²) in [5, 5.41) is 1.86. The van der Waals surface area contributed by atoms with Crippen LogP contribution in [0, 0.1) is 0 Å². The van der Waals surface area contributed by atoms with Crippen molar-refractivity contribution in [3.05, 3.63) is 59.7 Å². The highest BCUT2D eigenvalue weighted by atomic mass is 16.5. The third-order valence-corrected chi connectivity index (χ3v) is 4.59. The first-order valence-electron chi connectivity index (χ1n) is 9.73. The summed E-state index contributed by atoms with van der Waals surface area (Å²) in [5.41, 5.74) is 11.9. The zero-order valence-electron chi connectivity index (χ0n) is 18.2. The number of rotatable bonds is 10. The van der Waals surface area contributed by atoms with Crippen molar-refractivity contribution in [3.8, 4) is 5.75 Å². The fraction of sp³-hybridized carbons (Fsp3) is 0.455. The Morgan fingerprint density at radius 1 is 1.21 bits per heavy atom. The molecular weight excluding hydrogens is 350 g/mol. The van der Waals surface area contributed by atoms with Crippen molar-refractivity contribution in [1.29, 1.82) is 0 Å². The van der Waals surface area contributed by atoms with Gasteiger partial charge in [-0.1, -0.05) is 19.6 Å². The first kappa shape index (κ1) is 21.7. The van der Waals surface area contributed by atoms with Gasteiger partial charge in [-0.15, -0.1) is 5.53 Å². The summed E-state index contributed by atoms with van der Waals surface area (Å²) >= 11 is 0. The number of ether oxygens (including phenoxy) is 1. The second-order valence-electron chi connectivity index (χ2n) is 7.59. The molecule has 1 aliphatic rings. The van der Waals surface area contributed by atoms with Crippen LogP contribution in [0.1, 0.15) is 30.9 Å². The van der Waals surface area contributed by atoms with Gasteiger partial charge in [0.25, 0.3) is 0 Å². The van der Waals surface area contributed by atoms with Gasteiger partial charge in [-0.3, -0.25) is 5.01 Å². The van der Waals surface area contributed by atoms with Crippen LogP contribution >= 0.6 is 0 Å². The fourth-order valence-corrected chi connectivity index (χ4v) is 2.96. The number of hydrogen-bond donors (Lipinski definition) is 2. The number of benzene rings is 1. The van der Waals surface area contributed by atoms with Gasteiger partial charge in [-0.25, -0.2) is 0 Å². The van der Waals surface area contributed by atoms with Crippen molar-refractivity contribution < 1.29 is 4.74 Å². The molecule has 28 heavy (non-hydrogen) atoms. The molecule has 2 rings (SSSR count). The monoisotopic (exact) mass is 385 g/mol. The van der Waals surface area contributed by atoms with Crippen molar-refractivity contribution in [2.45, 2.75) is 26.2 Å². The number of nitrogens with zero attached hydrogens (tertiary/aromatic N) is 3. The largest absolute Gasteiger partial charge is 0.487 e. The van der Waals surface area contributed by atoms with E-state index in [1.54, 1.807) is 0 Å². The van der Waals surface area contributed by atoms with Gasteiger partial charge in [0.1, 0.15) is 12.4 Å². The minimum Gasteiger partial charge on any atom is -0.487 e. The van der Waals surface area contributed by atoms with Gasteiger partial charge in [0.15, 0.2) is 0 Å². The Morgan fingerprint density at radius 2 is 1.96 bits per heavy atom. The first-order chi connectivity index (χ1) is 13.3. The Kier molecular flexibility index (Phi) is 7.81. The third-order valence-electron chi connectivity index (χ3n) is 4.59. The van der Waals surface area contributed by atoms with E-state index in [-0.39, 0.29) is 0 Å². The van der Waals surface area contributed by atoms with E-state index in [4.69, 9.17) is 4.74 Å². The van der Waals surface area contributed by atoms with Crippen LogP contribution in [0.5, 0.6) is 5.75 Å². The summed E-state index contributed by atoms with van der Waals surface area (Å²) in [5.74, 6) is 0.877. The van der Waals surface area contributed by atoms with Crippen LogP contribution in [0.25, 0.3) is 5.57 Å². The van der Waals surface area contributed by atoms with Crippen LogP contribution in [-0.2, 0) is 6.42 Å². The predicted octanol–water partition coefficient (Wildman–Crippen LogP) is 3.18. The molecule has 6 heteroatoms. The molecule has 0 aromatic heterocycles. The Hall–Kier alpha value is -2.60. The van der Waals surface area contributed by atoms with Crippen molar-refractivity contribution >= 4 is 5.57 Å². The molecule has 0 unspecified atom stereocenters. The Bertz CT molecular complexity index is 736. The van der Waals surface area contributed by atoms with Crippen molar-refractivity contribution in [2.24, 2.45) is 0 Å². The van der Waals surface area contributed by atoms with Crippen molar-refractivity contribution in [2.75, 3.05) is 41.8 Å². The molecule has 154 valence electrons. The maximum atomic E-state index is 6.06. The Labute approximate surface area is 170 Å². The third kappa shape index (κ3) is 6.53. The molecule has 0 atom stereocenters. The van der Waals surface area contributed by atoms with Gasteiger partial charge < -0.3 is 20.0 Å². The smallest absolute Gasteiger partial charge is 0.131 e. The van der Waals surface area contributed by atoms with Crippen LogP contribution in [0.4, 0.5) is 0 Å². The van der Waals surface area contributed by atoms with E-state index in [9.17, 15) is 0 Å². The molecule has 1 aromatic rings. The molecule has 1 aromatic carbocycles. The highest BCUT2D eigenvalue weighted by molar-refractivity contribution is 5.65. The van der Waals surface area contributed by atoms with E-state index in [0.717, 1.165) is 41.8 Å². The molecule has 1 heterocycles. The molecule has 6 nitrogen and oxygen atoms in total. The number of allylic oxidation sites excluding steroid dienone is 2. The molecule has 0 saturated heterocycles. The molecule has 0 bridgehead atoms. The van der Waals surface area contributed by atoms with E-state index < -0.39 is 0 Å². The van der Waals surface area contributed by atoms with Crippen LogP contribution in [0.2, 0.25) is 0 Å². The van der Waals surface area contributed by atoms with E-state index in [0.29, 0.717) is 6.61 Å². The fourth-order valence-electron chi connectivity index (χ4n) is 2.96. The van der Waals surface area contributed by atoms with Gasteiger partial charge in [-0.05, 0) is 48.1 Å². The highest BCUT2D eigenvalue weighted by Crippen LogP contribution is 2.26. The Balaban J connectivity index is 2.15. The van der Waals surface area contributed by atoms with Crippen LogP contribution in [0.3, 0.4) is 0 Å². The Morgan fingerprint density at radius 3 is 2.54 bits per heavy atom. The number of aryl methyl sites for hydroxylation is 1. The van der Waals surface area contributed by atoms with Gasteiger partial charge in [0.2, 0.25) is 0 Å². The molecule has 0 fully saturated rings. The predicted molar refractivity (Wildman–Crippen MR) is 117 cm³/mol. The van der Waals surface area contributed by atoms with Crippen molar-refractivity contribution in [3.63, 3.8) is 0 Å². The standard InChI is InChI=1S/C22H35N5O/c1-8-17(2)19-11-18(9-10-21(26(5)6)15-25(3)4)12-22(13-19)28-16-20-14-27(7)24-23-20/h11-15,23-24H,2,8-10,16H2,1,3-7H3/b21-15-. The van der Waals surface area contributed by atoms with E-state index in [1.165, 1.54) is 11.3 Å². The van der Waals surface area contributed by atoms with Gasteiger partial charge in [-0.2, -0.15) is 0 Å². The van der Waals surface area contributed by atoms with Crippen LogP contribution in [0.15, 0.2) is 48.6 Å². The summed E-state index contributed by atoms with van der Waals surface area (Å²) in [6.07, 6.45) is 6.99. The highest BCUT2D eigenvalue weighted by Gasteiger charge is 2.10. The lowest BCUT2D eigenvalue weighted by Gasteiger charge is -2.20. The van der Waals surface area contributed by atoms with Gasteiger partial charge in [0, 0.05) is 53.3 Å². The molecule has 0 radical (unpaired) electrons. The van der Waals surface area contributed by atoms with E-state index in [1.807, 2.05) is 18.3 Å². The molecule has 1 aliphatic heterocycles. The average molecular weight is 386 g/mol. The summed E-state index contributed by atoms with van der Waals surface area (Å²) in [6.45, 7) is 6.84. The zero-order chi connectivity index (χ0) is 20.7. The minimum absolute atomic E-state index is 0.488. The van der Waals surface area contributed by atoms with E-state index in [2.05, 4.69) is 86.9 Å². The summed E-state index contributed by atoms with van der Waals surface area (Å²) in [4.78, 5) is 4.26.